The van der Waals surface area contributed by atoms with Crippen molar-refractivity contribution >= 4 is 11.8 Å². The summed E-state index contributed by atoms with van der Waals surface area (Å²) in [6.07, 6.45) is 4.33. The summed E-state index contributed by atoms with van der Waals surface area (Å²) in [4.78, 5) is 31.9. The zero-order valence-electron chi connectivity index (χ0n) is 15.2. The van der Waals surface area contributed by atoms with Crippen molar-refractivity contribution in [2.75, 3.05) is 13.1 Å². The largest absolute Gasteiger partial charge is 0.489 e. The molecule has 2 N–H and O–H groups in total. The van der Waals surface area contributed by atoms with Gasteiger partial charge in [-0.1, -0.05) is 36.4 Å². The summed E-state index contributed by atoms with van der Waals surface area (Å²) in [7, 11) is 0. The van der Waals surface area contributed by atoms with Gasteiger partial charge in [0.1, 0.15) is 18.1 Å². The molecule has 0 aliphatic rings. The molecule has 3 rings (SSSR count). The van der Waals surface area contributed by atoms with Gasteiger partial charge in [0.05, 0.1) is 6.20 Å². The molecule has 0 aliphatic carbocycles. The molecule has 0 bridgehead atoms. The molecular formula is C21H20N4O3. The van der Waals surface area contributed by atoms with Crippen LogP contribution in [0.3, 0.4) is 0 Å². The summed E-state index contributed by atoms with van der Waals surface area (Å²) in [5.41, 5.74) is 1.78. The maximum atomic E-state index is 12.3. The Hall–Kier alpha value is -3.74. The third-order valence-corrected chi connectivity index (χ3v) is 3.84. The van der Waals surface area contributed by atoms with Gasteiger partial charge in [-0.15, -0.1) is 0 Å². The van der Waals surface area contributed by atoms with Crippen molar-refractivity contribution in [1.29, 1.82) is 0 Å². The standard InChI is InChI=1S/C21H20N4O3/c26-20(24-11-12-25-21(27)19-14-22-9-10-23-19)17-7-4-8-18(13-17)28-15-16-5-2-1-3-6-16/h1-10,13-14H,11-12,15H2,(H,24,26)(H,25,27). The first-order valence-electron chi connectivity index (χ1n) is 8.81. The van der Waals surface area contributed by atoms with Crippen LogP contribution in [-0.4, -0.2) is 34.9 Å². The first-order valence-corrected chi connectivity index (χ1v) is 8.81. The molecule has 0 radical (unpaired) electrons. The Labute approximate surface area is 162 Å². The SMILES string of the molecule is O=C(NCCNC(=O)c1cnccn1)c1cccc(OCc2ccccc2)c1. The van der Waals surface area contributed by atoms with Crippen LogP contribution in [0.4, 0.5) is 0 Å². The van der Waals surface area contributed by atoms with E-state index in [1.807, 2.05) is 30.3 Å². The first-order chi connectivity index (χ1) is 13.7. The predicted molar refractivity (Wildman–Crippen MR) is 104 cm³/mol. The van der Waals surface area contributed by atoms with Crippen LogP contribution in [0.1, 0.15) is 26.4 Å². The lowest BCUT2D eigenvalue weighted by molar-refractivity contribution is 0.0924. The summed E-state index contributed by atoms with van der Waals surface area (Å²) in [5, 5.41) is 5.44. The third kappa shape index (κ3) is 5.63. The van der Waals surface area contributed by atoms with Gasteiger partial charge in [-0.3, -0.25) is 14.6 Å². The van der Waals surface area contributed by atoms with Gasteiger partial charge in [-0.2, -0.15) is 0 Å². The fraction of sp³-hybridized carbons (Fsp3) is 0.143. The summed E-state index contributed by atoms with van der Waals surface area (Å²) in [5.74, 6) is 0.0463. The number of nitrogens with one attached hydrogen (secondary N) is 2. The lowest BCUT2D eigenvalue weighted by atomic mass is 10.2. The summed E-state index contributed by atoms with van der Waals surface area (Å²) in [6, 6.07) is 16.8. The molecule has 0 saturated carbocycles. The monoisotopic (exact) mass is 376 g/mol. The first kappa shape index (κ1) is 19.0. The predicted octanol–water partition coefficient (Wildman–Crippen LogP) is 2.22. The van der Waals surface area contributed by atoms with E-state index in [0.717, 1.165) is 5.56 Å². The van der Waals surface area contributed by atoms with Gasteiger partial charge in [0.25, 0.3) is 11.8 Å². The summed E-state index contributed by atoms with van der Waals surface area (Å²) < 4.78 is 5.74. The second-order valence-corrected chi connectivity index (χ2v) is 5.90. The number of carbonyl (C=O) groups is 2. The highest BCUT2D eigenvalue weighted by Gasteiger charge is 2.08. The van der Waals surface area contributed by atoms with E-state index in [1.165, 1.54) is 18.6 Å². The lowest BCUT2D eigenvalue weighted by Gasteiger charge is -2.09. The quantitative estimate of drug-likeness (QED) is 0.588. The van der Waals surface area contributed by atoms with E-state index in [2.05, 4.69) is 20.6 Å². The molecule has 1 heterocycles. The van der Waals surface area contributed by atoms with E-state index in [-0.39, 0.29) is 24.1 Å². The average molecular weight is 376 g/mol. The van der Waals surface area contributed by atoms with Gasteiger partial charge in [0, 0.05) is 31.0 Å². The third-order valence-electron chi connectivity index (χ3n) is 3.84. The second kappa shape index (κ2) is 9.82. The number of aromatic nitrogens is 2. The van der Waals surface area contributed by atoms with Crippen LogP contribution in [0.25, 0.3) is 0 Å². The van der Waals surface area contributed by atoms with Crippen molar-refractivity contribution in [2.45, 2.75) is 6.61 Å². The Balaban J connectivity index is 1.44. The number of amides is 2. The zero-order chi connectivity index (χ0) is 19.6. The van der Waals surface area contributed by atoms with E-state index in [4.69, 9.17) is 4.74 Å². The Morgan fingerprint density at radius 1 is 0.893 bits per heavy atom. The highest BCUT2D eigenvalue weighted by atomic mass is 16.5. The molecule has 142 valence electrons. The molecule has 3 aromatic rings. The molecule has 2 aromatic carbocycles. The van der Waals surface area contributed by atoms with Crippen LogP contribution in [0.5, 0.6) is 5.75 Å². The van der Waals surface area contributed by atoms with Gasteiger partial charge < -0.3 is 15.4 Å². The van der Waals surface area contributed by atoms with Gasteiger partial charge >= 0.3 is 0 Å². The smallest absolute Gasteiger partial charge is 0.271 e. The Morgan fingerprint density at radius 2 is 1.68 bits per heavy atom. The number of nitrogens with zero attached hydrogens (tertiary/aromatic N) is 2. The van der Waals surface area contributed by atoms with Crippen LogP contribution in [0.15, 0.2) is 73.2 Å². The van der Waals surface area contributed by atoms with Gasteiger partial charge in [0.15, 0.2) is 0 Å². The Morgan fingerprint density at radius 3 is 2.43 bits per heavy atom. The van der Waals surface area contributed by atoms with Crippen molar-refractivity contribution in [1.82, 2.24) is 20.6 Å². The molecule has 7 nitrogen and oxygen atoms in total. The number of carbonyl (C=O) groups excluding carboxylic acids is 2. The van der Waals surface area contributed by atoms with E-state index >= 15 is 0 Å². The minimum Gasteiger partial charge on any atom is -0.489 e. The maximum absolute atomic E-state index is 12.3. The minimum atomic E-state index is -0.335. The highest BCUT2D eigenvalue weighted by Crippen LogP contribution is 2.15. The van der Waals surface area contributed by atoms with E-state index in [1.54, 1.807) is 24.3 Å². The van der Waals surface area contributed by atoms with Gasteiger partial charge in [-0.25, -0.2) is 4.98 Å². The molecule has 0 unspecified atom stereocenters. The molecule has 7 heteroatoms. The van der Waals surface area contributed by atoms with Crippen LogP contribution in [0.2, 0.25) is 0 Å². The minimum absolute atomic E-state index is 0.233. The van der Waals surface area contributed by atoms with E-state index < -0.39 is 0 Å². The van der Waals surface area contributed by atoms with Crippen molar-refractivity contribution < 1.29 is 14.3 Å². The molecular weight excluding hydrogens is 356 g/mol. The lowest BCUT2D eigenvalue weighted by Crippen LogP contribution is -2.35. The molecule has 0 saturated heterocycles. The van der Waals surface area contributed by atoms with Crippen molar-refractivity contribution in [3.8, 4) is 5.75 Å². The zero-order valence-corrected chi connectivity index (χ0v) is 15.2. The summed E-state index contributed by atoms with van der Waals surface area (Å²) >= 11 is 0. The van der Waals surface area contributed by atoms with Gasteiger partial charge in [0.2, 0.25) is 0 Å². The fourth-order valence-corrected chi connectivity index (χ4v) is 2.43. The number of benzene rings is 2. The van der Waals surface area contributed by atoms with Gasteiger partial charge in [-0.05, 0) is 23.8 Å². The van der Waals surface area contributed by atoms with Crippen LogP contribution < -0.4 is 15.4 Å². The fourth-order valence-electron chi connectivity index (χ4n) is 2.43. The second-order valence-electron chi connectivity index (χ2n) is 5.90. The van der Waals surface area contributed by atoms with Crippen LogP contribution >= 0.6 is 0 Å². The molecule has 0 aliphatic heterocycles. The molecule has 0 fully saturated rings. The number of hydrogen-bond donors (Lipinski definition) is 2. The number of rotatable bonds is 8. The van der Waals surface area contributed by atoms with Crippen molar-refractivity contribution in [3.63, 3.8) is 0 Å². The normalized spacial score (nSPS) is 10.1. The highest BCUT2D eigenvalue weighted by molar-refractivity contribution is 5.94. The molecule has 0 spiro atoms. The summed E-state index contributed by atoms with van der Waals surface area (Å²) in [6.45, 7) is 1.01. The van der Waals surface area contributed by atoms with E-state index in [9.17, 15) is 9.59 Å². The van der Waals surface area contributed by atoms with E-state index in [0.29, 0.717) is 24.5 Å². The molecule has 1 aromatic heterocycles. The maximum Gasteiger partial charge on any atom is 0.271 e. The van der Waals surface area contributed by atoms with Crippen molar-refractivity contribution in [3.05, 3.63) is 90.0 Å². The molecule has 28 heavy (non-hydrogen) atoms. The van der Waals surface area contributed by atoms with Crippen LogP contribution in [0, 0.1) is 0 Å². The molecule has 0 atom stereocenters. The molecule has 2 amide bonds. The average Bonchev–Trinajstić information content (AvgIpc) is 2.76. The topological polar surface area (TPSA) is 93.2 Å². The van der Waals surface area contributed by atoms with Crippen LogP contribution in [-0.2, 0) is 6.61 Å². The number of ether oxygens (including phenoxy) is 1. The van der Waals surface area contributed by atoms with Crippen molar-refractivity contribution in [2.24, 2.45) is 0 Å². The Bertz CT molecular complexity index is 917. The number of hydrogen-bond acceptors (Lipinski definition) is 5. The Kier molecular flexibility index (Phi) is 6.67.